The maximum absolute atomic E-state index is 12.0. The number of benzene rings is 1. The predicted octanol–water partition coefficient (Wildman–Crippen LogP) is 2.35. The van der Waals surface area contributed by atoms with Crippen LogP contribution in [-0.2, 0) is 4.79 Å². The average Bonchev–Trinajstić information content (AvgIpc) is 2.80. The lowest BCUT2D eigenvalue weighted by molar-refractivity contribution is -0.124. The zero-order valence-electron chi connectivity index (χ0n) is 13.1. The van der Waals surface area contributed by atoms with Crippen LogP contribution in [0.15, 0.2) is 18.2 Å². The number of hydrogen-bond acceptors (Lipinski definition) is 3. The Morgan fingerprint density at radius 1 is 1.48 bits per heavy atom. The topological polar surface area (TPSA) is 58.6 Å². The number of ether oxygens (including phenoxy) is 1. The molecular formula is C17H25NO3. The maximum atomic E-state index is 12.0. The molecule has 116 valence electrons. The summed E-state index contributed by atoms with van der Waals surface area (Å²) in [5.74, 6) is 0.619. The van der Waals surface area contributed by atoms with E-state index in [1.54, 1.807) is 0 Å². The maximum Gasteiger partial charge on any atom is 0.258 e. The second-order valence-electron chi connectivity index (χ2n) is 6.38. The molecule has 0 saturated heterocycles. The number of nitrogens with one attached hydrogen (secondary N) is 1. The van der Waals surface area contributed by atoms with Crippen molar-refractivity contribution in [1.29, 1.82) is 0 Å². The van der Waals surface area contributed by atoms with Crippen molar-refractivity contribution >= 4 is 5.91 Å². The zero-order valence-corrected chi connectivity index (χ0v) is 13.1. The summed E-state index contributed by atoms with van der Waals surface area (Å²) in [6.07, 6.45) is 2.92. The molecule has 4 nitrogen and oxygen atoms in total. The number of aliphatic hydroxyl groups excluding tert-OH is 1. The molecule has 0 heterocycles. The Balaban J connectivity index is 1.88. The number of hydrogen-bond donors (Lipinski definition) is 2. The monoisotopic (exact) mass is 291 g/mol. The summed E-state index contributed by atoms with van der Waals surface area (Å²) >= 11 is 0. The second-order valence-corrected chi connectivity index (χ2v) is 6.38. The number of aryl methyl sites for hydroxylation is 2. The highest BCUT2D eigenvalue weighted by Gasteiger charge is 2.39. The van der Waals surface area contributed by atoms with E-state index in [1.807, 2.05) is 39.0 Å². The van der Waals surface area contributed by atoms with Crippen molar-refractivity contribution in [3.05, 3.63) is 29.3 Å². The van der Waals surface area contributed by atoms with Crippen LogP contribution in [0.25, 0.3) is 0 Å². The van der Waals surface area contributed by atoms with Gasteiger partial charge in [0.15, 0.2) is 6.61 Å². The molecule has 2 rings (SSSR count). The fraction of sp³-hybridized carbons (Fsp3) is 0.588. The first-order chi connectivity index (χ1) is 9.94. The minimum atomic E-state index is -0.199. The van der Waals surface area contributed by atoms with Gasteiger partial charge in [-0.25, -0.2) is 0 Å². The lowest BCUT2D eigenvalue weighted by Gasteiger charge is -2.30. The van der Waals surface area contributed by atoms with Crippen molar-refractivity contribution in [3.63, 3.8) is 0 Å². The van der Waals surface area contributed by atoms with E-state index >= 15 is 0 Å². The third-order valence-electron chi connectivity index (χ3n) is 4.47. The fourth-order valence-corrected chi connectivity index (χ4v) is 3.01. The minimum Gasteiger partial charge on any atom is -0.484 e. The van der Waals surface area contributed by atoms with Crippen LogP contribution in [0.3, 0.4) is 0 Å². The molecule has 1 aliphatic carbocycles. The van der Waals surface area contributed by atoms with Gasteiger partial charge < -0.3 is 15.2 Å². The zero-order chi connectivity index (χ0) is 15.5. The Morgan fingerprint density at radius 3 is 2.90 bits per heavy atom. The Kier molecular flexibility index (Phi) is 4.88. The van der Waals surface area contributed by atoms with Gasteiger partial charge in [0.05, 0.1) is 6.61 Å². The van der Waals surface area contributed by atoms with E-state index in [4.69, 9.17) is 4.74 Å². The highest BCUT2D eigenvalue weighted by atomic mass is 16.5. The lowest BCUT2D eigenvalue weighted by Crippen LogP contribution is -2.46. The largest absolute Gasteiger partial charge is 0.484 e. The predicted molar refractivity (Wildman–Crippen MR) is 82.4 cm³/mol. The van der Waals surface area contributed by atoms with Crippen LogP contribution in [0.5, 0.6) is 5.75 Å². The van der Waals surface area contributed by atoms with Crippen LogP contribution in [0, 0.1) is 19.3 Å². The number of aliphatic hydroxyl groups is 1. The molecule has 21 heavy (non-hydrogen) atoms. The van der Waals surface area contributed by atoms with Crippen molar-refractivity contribution in [2.45, 2.75) is 46.1 Å². The highest BCUT2D eigenvalue weighted by Crippen LogP contribution is 2.37. The summed E-state index contributed by atoms with van der Waals surface area (Å²) in [6.45, 7) is 6.15. The molecular weight excluding hydrogens is 266 g/mol. The number of carbonyl (C=O) groups excluding carboxylic acids is 1. The number of amides is 1. The molecule has 1 aliphatic rings. The van der Waals surface area contributed by atoms with Crippen molar-refractivity contribution in [1.82, 2.24) is 5.32 Å². The lowest BCUT2D eigenvalue weighted by atomic mass is 9.86. The molecule has 0 bridgehead atoms. The first kappa shape index (κ1) is 15.8. The molecule has 2 N–H and O–H groups in total. The minimum absolute atomic E-state index is 0.0158. The van der Waals surface area contributed by atoms with Crippen LogP contribution < -0.4 is 10.1 Å². The number of carbonyl (C=O) groups is 1. The molecule has 1 aromatic rings. The van der Waals surface area contributed by atoms with Gasteiger partial charge in [0.2, 0.25) is 0 Å². The third-order valence-corrected chi connectivity index (χ3v) is 4.47. The second kappa shape index (κ2) is 6.48. The Bertz CT molecular complexity index is 515. The molecule has 1 aromatic carbocycles. The van der Waals surface area contributed by atoms with E-state index < -0.39 is 0 Å². The van der Waals surface area contributed by atoms with Crippen LogP contribution >= 0.6 is 0 Å². The SMILES string of the molecule is Cc1ccc(OCC(=O)NC2CCCC2(C)CO)c(C)c1. The Morgan fingerprint density at radius 2 is 2.24 bits per heavy atom. The molecule has 1 amide bonds. The van der Waals surface area contributed by atoms with E-state index in [2.05, 4.69) is 5.32 Å². The van der Waals surface area contributed by atoms with Crippen LogP contribution in [0.1, 0.15) is 37.3 Å². The van der Waals surface area contributed by atoms with Gasteiger partial charge in [0, 0.05) is 11.5 Å². The van der Waals surface area contributed by atoms with Gasteiger partial charge in [-0.1, -0.05) is 31.0 Å². The fourth-order valence-electron chi connectivity index (χ4n) is 3.01. The van der Waals surface area contributed by atoms with Crippen molar-refractivity contribution in [3.8, 4) is 5.75 Å². The molecule has 0 spiro atoms. The van der Waals surface area contributed by atoms with Gasteiger partial charge in [-0.05, 0) is 38.3 Å². The molecule has 2 atom stereocenters. The van der Waals surface area contributed by atoms with Gasteiger partial charge in [-0.15, -0.1) is 0 Å². The first-order valence-electron chi connectivity index (χ1n) is 7.55. The van der Waals surface area contributed by atoms with E-state index in [1.165, 1.54) is 5.56 Å². The van der Waals surface area contributed by atoms with Crippen LogP contribution in [0.2, 0.25) is 0 Å². The van der Waals surface area contributed by atoms with Gasteiger partial charge in [-0.3, -0.25) is 4.79 Å². The summed E-state index contributed by atoms with van der Waals surface area (Å²) in [5, 5.41) is 12.5. The Labute approximate surface area is 126 Å². The summed E-state index contributed by atoms with van der Waals surface area (Å²) in [5.41, 5.74) is 2.01. The highest BCUT2D eigenvalue weighted by molar-refractivity contribution is 5.78. The van der Waals surface area contributed by atoms with E-state index in [0.717, 1.165) is 30.6 Å². The van der Waals surface area contributed by atoms with Gasteiger partial charge in [0.1, 0.15) is 5.75 Å². The van der Waals surface area contributed by atoms with E-state index in [-0.39, 0.29) is 30.6 Å². The van der Waals surface area contributed by atoms with Crippen LogP contribution in [-0.4, -0.2) is 30.3 Å². The number of rotatable bonds is 5. The third kappa shape index (κ3) is 3.76. The van der Waals surface area contributed by atoms with Crippen molar-refractivity contribution in [2.24, 2.45) is 5.41 Å². The summed E-state index contributed by atoms with van der Waals surface area (Å²) in [7, 11) is 0. The van der Waals surface area contributed by atoms with Gasteiger partial charge in [0.25, 0.3) is 5.91 Å². The summed E-state index contributed by atoms with van der Waals surface area (Å²) < 4.78 is 5.59. The van der Waals surface area contributed by atoms with Gasteiger partial charge in [-0.2, -0.15) is 0 Å². The van der Waals surface area contributed by atoms with Crippen LogP contribution in [0.4, 0.5) is 0 Å². The molecule has 0 aromatic heterocycles. The molecule has 4 heteroatoms. The van der Waals surface area contributed by atoms with E-state index in [9.17, 15) is 9.90 Å². The average molecular weight is 291 g/mol. The smallest absolute Gasteiger partial charge is 0.258 e. The molecule has 2 unspecified atom stereocenters. The summed E-state index contributed by atoms with van der Waals surface area (Å²) in [6, 6.07) is 5.94. The van der Waals surface area contributed by atoms with Crippen molar-refractivity contribution < 1.29 is 14.6 Å². The molecule has 0 aliphatic heterocycles. The Hall–Kier alpha value is -1.55. The summed E-state index contributed by atoms with van der Waals surface area (Å²) in [4.78, 5) is 12.0. The first-order valence-corrected chi connectivity index (χ1v) is 7.55. The molecule has 0 radical (unpaired) electrons. The quantitative estimate of drug-likeness (QED) is 0.875. The van der Waals surface area contributed by atoms with E-state index in [0.29, 0.717) is 0 Å². The van der Waals surface area contributed by atoms with Crippen molar-refractivity contribution in [2.75, 3.05) is 13.2 Å². The van der Waals surface area contributed by atoms with Gasteiger partial charge >= 0.3 is 0 Å². The molecule has 1 fully saturated rings. The molecule has 1 saturated carbocycles. The standard InChI is InChI=1S/C17H25NO3/c1-12-6-7-14(13(2)9-12)21-10-16(20)18-15-5-4-8-17(15,3)11-19/h6-7,9,15,19H,4-5,8,10-11H2,1-3H3,(H,18,20). The normalized spacial score (nSPS) is 24.9.